The molecule has 0 fully saturated rings. The maximum absolute atomic E-state index is 12.8. The van der Waals surface area contributed by atoms with Crippen LogP contribution < -0.4 is 0 Å². The largest absolute Gasteiger partial charge is 0.462 e. The van der Waals surface area contributed by atoms with E-state index in [4.69, 9.17) is 14.2 Å². The minimum atomic E-state index is -0.762. The van der Waals surface area contributed by atoms with E-state index in [-0.39, 0.29) is 31.1 Å². The molecule has 0 aromatic carbocycles. The molecule has 0 saturated heterocycles. The SMILES string of the molecule is CCCCCCCCCCCCCCCCCCCC(=O)OC[C@H](COC(=O)CCCCCCCCCCCCCCC(C)C)OC(=O)CCCCCCCCCCC(C)C. The van der Waals surface area contributed by atoms with E-state index in [0.717, 1.165) is 69.6 Å². The second kappa shape index (κ2) is 47.9. The zero-order chi connectivity index (χ0) is 44.7. The van der Waals surface area contributed by atoms with E-state index in [1.165, 1.54) is 193 Å². The fourth-order valence-electron chi connectivity index (χ4n) is 8.34. The molecule has 6 heteroatoms. The highest BCUT2D eigenvalue weighted by atomic mass is 16.6. The quantitative estimate of drug-likeness (QED) is 0.0344. The van der Waals surface area contributed by atoms with Crippen LogP contribution in [0.4, 0.5) is 0 Å². The third kappa shape index (κ3) is 49.3. The summed E-state index contributed by atoms with van der Waals surface area (Å²) in [4.78, 5) is 38.0. The topological polar surface area (TPSA) is 78.9 Å². The Hall–Kier alpha value is -1.59. The van der Waals surface area contributed by atoms with Crippen LogP contribution in [-0.4, -0.2) is 37.2 Å². The molecule has 0 heterocycles. The summed E-state index contributed by atoms with van der Waals surface area (Å²) in [5, 5.41) is 0. The lowest BCUT2D eigenvalue weighted by Gasteiger charge is -2.18. The first-order valence-corrected chi connectivity index (χ1v) is 27.2. The third-order valence-electron chi connectivity index (χ3n) is 12.5. The summed E-state index contributed by atoms with van der Waals surface area (Å²) in [5.74, 6) is 0.780. The minimum absolute atomic E-state index is 0.0637. The van der Waals surface area contributed by atoms with E-state index in [9.17, 15) is 14.4 Å². The number of rotatable bonds is 49. The lowest BCUT2D eigenvalue weighted by Crippen LogP contribution is -2.30. The van der Waals surface area contributed by atoms with Gasteiger partial charge in [-0.3, -0.25) is 14.4 Å². The Morgan fingerprint density at radius 3 is 0.803 bits per heavy atom. The van der Waals surface area contributed by atoms with E-state index < -0.39 is 6.10 Å². The Labute approximate surface area is 380 Å². The summed E-state index contributed by atoms with van der Waals surface area (Å²) in [6.45, 7) is 11.4. The number of hydrogen-bond acceptors (Lipinski definition) is 6. The van der Waals surface area contributed by atoms with Crippen molar-refractivity contribution in [2.45, 2.75) is 310 Å². The summed E-state index contributed by atoms with van der Waals surface area (Å²) in [5.41, 5.74) is 0. The number of unbranched alkanes of at least 4 members (excludes halogenated alkanes) is 34. The second-order valence-electron chi connectivity index (χ2n) is 19.8. The van der Waals surface area contributed by atoms with Gasteiger partial charge >= 0.3 is 17.9 Å². The average Bonchev–Trinajstić information content (AvgIpc) is 3.23. The molecular formula is C55H106O6. The van der Waals surface area contributed by atoms with Crippen molar-refractivity contribution in [2.24, 2.45) is 11.8 Å². The lowest BCUT2D eigenvalue weighted by atomic mass is 10.0. The van der Waals surface area contributed by atoms with E-state index >= 15 is 0 Å². The van der Waals surface area contributed by atoms with Gasteiger partial charge in [0.2, 0.25) is 0 Å². The van der Waals surface area contributed by atoms with Crippen LogP contribution in [0.2, 0.25) is 0 Å². The molecule has 1 atom stereocenters. The molecule has 0 aromatic heterocycles. The summed E-state index contributed by atoms with van der Waals surface area (Å²) < 4.78 is 16.8. The molecule has 61 heavy (non-hydrogen) atoms. The molecule has 0 aliphatic carbocycles. The molecule has 0 aliphatic heterocycles. The van der Waals surface area contributed by atoms with E-state index in [0.29, 0.717) is 19.3 Å². The first kappa shape index (κ1) is 59.4. The smallest absolute Gasteiger partial charge is 0.306 e. The first-order valence-electron chi connectivity index (χ1n) is 27.2. The molecule has 0 radical (unpaired) electrons. The standard InChI is InChI=1S/C55H106O6/c1-6-7-8-9-10-11-12-13-14-15-16-17-21-24-30-35-40-45-53(56)59-48-52(61-55(58)47-42-37-32-27-26-29-34-39-44-51(4)5)49-60-54(57)46-41-36-31-25-22-19-18-20-23-28-33-38-43-50(2)3/h50-52H,6-49H2,1-5H3/t52-/m1/s1. The van der Waals surface area contributed by atoms with Gasteiger partial charge < -0.3 is 14.2 Å². The van der Waals surface area contributed by atoms with Gasteiger partial charge in [0.05, 0.1) is 0 Å². The highest BCUT2D eigenvalue weighted by Crippen LogP contribution is 2.18. The van der Waals surface area contributed by atoms with Crippen molar-refractivity contribution in [2.75, 3.05) is 13.2 Å². The Morgan fingerprint density at radius 2 is 0.541 bits per heavy atom. The Balaban J connectivity index is 4.27. The predicted octanol–water partition coefficient (Wildman–Crippen LogP) is 17.7. The van der Waals surface area contributed by atoms with Gasteiger partial charge in [-0.05, 0) is 31.1 Å². The lowest BCUT2D eigenvalue weighted by molar-refractivity contribution is -0.167. The molecule has 0 amide bonds. The van der Waals surface area contributed by atoms with Crippen molar-refractivity contribution < 1.29 is 28.6 Å². The summed E-state index contributed by atoms with van der Waals surface area (Å²) >= 11 is 0. The van der Waals surface area contributed by atoms with E-state index in [1.54, 1.807) is 0 Å². The fraction of sp³-hybridized carbons (Fsp3) is 0.945. The van der Waals surface area contributed by atoms with Crippen LogP contribution in [-0.2, 0) is 28.6 Å². The first-order chi connectivity index (χ1) is 29.7. The molecule has 0 aliphatic rings. The molecule has 6 nitrogen and oxygen atoms in total. The number of ether oxygens (including phenoxy) is 3. The summed E-state index contributed by atoms with van der Waals surface area (Å²) in [6.07, 6.45) is 49.5. The normalized spacial score (nSPS) is 12.0. The van der Waals surface area contributed by atoms with Crippen molar-refractivity contribution in [1.29, 1.82) is 0 Å². The summed E-state index contributed by atoms with van der Waals surface area (Å²) in [6, 6.07) is 0. The molecule has 0 spiro atoms. The van der Waals surface area contributed by atoms with Crippen molar-refractivity contribution in [3.8, 4) is 0 Å². The number of esters is 3. The number of hydrogen-bond donors (Lipinski definition) is 0. The number of carbonyl (C=O) groups excluding carboxylic acids is 3. The Morgan fingerprint density at radius 1 is 0.311 bits per heavy atom. The fourth-order valence-corrected chi connectivity index (χ4v) is 8.34. The Bertz CT molecular complexity index is 931. The number of carbonyl (C=O) groups is 3. The maximum Gasteiger partial charge on any atom is 0.306 e. The van der Waals surface area contributed by atoms with Crippen LogP contribution in [0.1, 0.15) is 304 Å². The van der Waals surface area contributed by atoms with Gasteiger partial charge in [0.1, 0.15) is 13.2 Å². The van der Waals surface area contributed by atoms with Gasteiger partial charge in [-0.1, -0.05) is 266 Å². The van der Waals surface area contributed by atoms with Crippen molar-refractivity contribution in [1.82, 2.24) is 0 Å². The monoisotopic (exact) mass is 863 g/mol. The van der Waals surface area contributed by atoms with Crippen molar-refractivity contribution in [3.63, 3.8) is 0 Å². The zero-order valence-electron chi connectivity index (χ0n) is 41.8. The van der Waals surface area contributed by atoms with Gasteiger partial charge in [-0.25, -0.2) is 0 Å². The molecule has 0 bridgehead atoms. The second-order valence-corrected chi connectivity index (χ2v) is 19.8. The van der Waals surface area contributed by atoms with Crippen molar-refractivity contribution in [3.05, 3.63) is 0 Å². The van der Waals surface area contributed by atoms with E-state index in [1.807, 2.05) is 0 Å². The average molecular weight is 863 g/mol. The van der Waals surface area contributed by atoms with Gasteiger partial charge in [0, 0.05) is 19.3 Å². The van der Waals surface area contributed by atoms with Gasteiger partial charge in [-0.15, -0.1) is 0 Å². The van der Waals surface area contributed by atoms with Crippen LogP contribution in [0.5, 0.6) is 0 Å². The molecule has 0 rings (SSSR count). The molecule has 0 aromatic rings. The van der Waals surface area contributed by atoms with Crippen LogP contribution >= 0.6 is 0 Å². The van der Waals surface area contributed by atoms with E-state index in [2.05, 4.69) is 34.6 Å². The van der Waals surface area contributed by atoms with Crippen LogP contribution in [0, 0.1) is 11.8 Å². The minimum Gasteiger partial charge on any atom is -0.462 e. The third-order valence-corrected chi connectivity index (χ3v) is 12.5. The highest BCUT2D eigenvalue weighted by molar-refractivity contribution is 5.71. The molecule has 0 N–H and O–H groups in total. The van der Waals surface area contributed by atoms with Gasteiger partial charge in [0.25, 0.3) is 0 Å². The maximum atomic E-state index is 12.8. The Kier molecular flexibility index (Phi) is 46.6. The highest BCUT2D eigenvalue weighted by Gasteiger charge is 2.19. The predicted molar refractivity (Wildman–Crippen MR) is 261 cm³/mol. The molecule has 0 unspecified atom stereocenters. The van der Waals surface area contributed by atoms with Crippen LogP contribution in [0.15, 0.2) is 0 Å². The molecular weight excluding hydrogens is 757 g/mol. The van der Waals surface area contributed by atoms with Gasteiger partial charge in [-0.2, -0.15) is 0 Å². The molecule has 0 saturated carbocycles. The van der Waals surface area contributed by atoms with Crippen LogP contribution in [0.25, 0.3) is 0 Å². The zero-order valence-corrected chi connectivity index (χ0v) is 41.8. The van der Waals surface area contributed by atoms with Crippen LogP contribution in [0.3, 0.4) is 0 Å². The summed E-state index contributed by atoms with van der Waals surface area (Å²) in [7, 11) is 0. The molecule has 362 valence electrons. The van der Waals surface area contributed by atoms with Crippen molar-refractivity contribution >= 4 is 17.9 Å². The van der Waals surface area contributed by atoms with Gasteiger partial charge in [0.15, 0.2) is 6.10 Å².